The minimum absolute atomic E-state index is 0.0867. The topological polar surface area (TPSA) is 52.9 Å². The van der Waals surface area contributed by atoms with Crippen LogP contribution in [0.5, 0.6) is 11.6 Å². The minimum Gasteiger partial charge on any atom is -0.488 e. The molecule has 1 aromatic rings. The first-order chi connectivity index (χ1) is 10.5. The van der Waals surface area contributed by atoms with Crippen LogP contribution in [0, 0.1) is 5.92 Å². The summed E-state index contributed by atoms with van der Waals surface area (Å²) in [7, 11) is 3.29. The number of nitrogens with zero attached hydrogens (tertiary/aromatic N) is 2. The van der Waals surface area contributed by atoms with E-state index in [2.05, 4.69) is 25.8 Å². The fourth-order valence-corrected chi connectivity index (χ4v) is 2.41. The first-order valence-electron chi connectivity index (χ1n) is 7.75. The second kappa shape index (κ2) is 7.09. The van der Waals surface area contributed by atoms with Crippen LogP contribution in [-0.2, 0) is 11.2 Å². The van der Waals surface area contributed by atoms with E-state index in [4.69, 9.17) is 19.2 Å². The van der Waals surface area contributed by atoms with Gasteiger partial charge in [0, 0.05) is 26.4 Å². The Hall–Kier alpha value is -1.62. The van der Waals surface area contributed by atoms with Crippen molar-refractivity contribution < 1.29 is 14.2 Å². The van der Waals surface area contributed by atoms with Crippen molar-refractivity contribution in [3.8, 4) is 11.6 Å². The van der Waals surface area contributed by atoms with Gasteiger partial charge in [-0.2, -0.15) is 0 Å². The van der Waals surface area contributed by atoms with Crippen LogP contribution in [-0.4, -0.2) is 44.2 Å². The summed E-state index contributed by atoms with van der Waals surface area (Å²) in [4.78, 5) is 9.22. The van der Waals surface area contributed by atoms with Gasteiger partial charge in [0.15, 0.2) is 5.75 Å². The lowest BCUT2D eigenvalue weighted by Gasteiger charge is -2.33. The Morgan fingerprint density at radius 1 is 1.27 bits per heavy atom. The summed E-state index contributed by atoms with van der Waals surface area (Å²) in [5.41, 5.74) is 1.95. The average Bonchev–Trinajstić information content (AvgIpc) is 2.50. The highest BCUT2D eigenvalue weighted by molar-refractivity contribution is 5.81. The third-order valence-corrected chi connectivity index (χ3v) is 4.28. The first kappa shape index (κ1) is 16.7. The lowest BCUT2D eigenvalue weighted by molar-refractivity contribution is 0.170. The quantitative estimate of drug-likeness (QED) is 0.727. The van der Waals surface area contributed by atoms with Crippen molar-refractivity contribution in [1.29, 1.82) is 0 Å². The molecule has 0 N–H and O–H groups in total. The molecule has 5 heteroatoms. The Bertz CT molecular complexity index is 543. The van der Waals surface area contributed by atoms with Gasteiger partial charge >= 0.3 is 0 Å². The van der Waals surface area contributed by atoms with Gasteiger partial charge < -0.3 is 14.2 Å². The largest absolute Gasteiger partial charge is 0.488 e. The fourth-order valence-electron chi connectivity index (χ4n) is 2.41. The van der Waals surface area contributed by atoms with E-state index in [1.807, 2.05) is 12.3 Å². The zero-order valence-electron chi connectivity index (χ0n) is 14.2. The van der Waals surface area contributed by atoms with Crippen molar-refractivity contribution in [2.45, 2.75) is 39.2 Å². The van der Waals surface area contributed by atoms with Gasteiger partial charge in [-0.25, -0.2) is 4.98 Å². The number of aliphatic imine (C=N–C) groups is 1. The van der Waals surface area contributed by atoms with Crippen LogP contribution in [0.3, 0.4) is 0 Å². The molecule has 1 aliphatic rings. The number of hydrogen-bond acceptors (Lipinski definition) is 5. The zero-order chi connectivity index (χ0) is 16.2. The smallest absolute Gasteiger partial charge is 0.257 e. The van der Waals surface area contributed by atoms with E-state index < -0.39 is 0 Å². The monoisotopic (exact) mass is 306 g/mol. The van der Waals surface area contributed by atoms with E-state index >= 15 is 0 Å². The van der Waals surface area contributed by atoms with Crippen molar-refractivity contribution in [3.63, 3.8) is 0 Å². The summed E-state index contributed by atoms with van der Waals surface area (Å²) >= 11 is 0. The van der Waals surface area contributed by atoms with Crippen LogP contribution in [0.1, 0.15) is 38.4 Å². The van der Waals surface area contributed by atoms with Crippen molar-refractivity contribution in [2.75, 3.05) is 27.4 Å². The summed E-state index contributed by atoms with van der Waals surface area (Å²) in [5, 5.41) is 0. The van der Waals surface area contributed by atoms with Gasteiger partial charge in [0.2, 0.25) is 0 Å². The van der Waals surface area contributed by atoms with Gasteiger partial charge in [-0.15, -0.1) is 0 Å². The second-order valence-corrected chi connectivity index (χ2v) is 6.18. The van der Waals surface area contributed by atoms with Crippen LogP contribution in [0.15, 0.2) is 11.1 Å². The van der Waals surface area contributed by atoms with Gasteiger partial charge in [0.1, 0.15) is 0 Å². The normalized spacial score (nSPS) is 20.1. The highest BCUT2D eigenvalue weighted by Gasteiger charge is 2.32. The summed E-state index contributed by atoms with van der Waals surface area (Å²) in [6, 6.07) is 2.04. The Labute approximate surface area is 132 Å². The molecule has 1 unspecified atom stereocenters. The Balaban J connectivity index is 2.22. The van der Waals surface area contributed by atoms with Gasteiger partial charge in [0.25, 0.3) is 5.88 Å². The lowest BCUT2D eigenvalue weighted by atomic mass is 9.81. The van der Waals surface area contributed by atoms with Crippen molar-refractivity contribution in [1.82, 2.24) is 4.98 Å². The summed E-state index contributed by atoms with van der Waals surface area (Å²) in [6.45, 7) is 7.84. The highest BCUT2D eigenvalue weighted by Crippen LogP contribution is 2.34. The number of fused-ring (bicyclic) bond motifs is 1. The lowest BCUT2D eigenvalue weighted by Crippen LogP contribution is -2.35. The van der Waals surface area contributed by atoms with E-state index in [1.165, 1.54) is 0 Å². The number of ether oxygens (including phenoxy) is 3. The minimum atomic E-state index is -0.0867. The van der Waals surface area contributed by atoms with Crippen molar-refractivity contribution >= 4 is 6.21 Å². The molecule has 0 aromatic carbocycles. The third kappa shape index (κ3) is 3.58. The summed E-state index contributed by atoms with van der Waals surface area (Å²) in [6.07, 6.45) is 3.56. The molecule has 0 amide bonds. The number of pyridine rings is 1. The Morgan fingerprint density at radius 3 is 2.68 bits per heavy atom. The maximum absolute atomic E-state index is 5.81. The molecule has 1 atom stereocenters. The summed E-state index contributed by atoms with van der Waals surface area (Å²) in [5.74, 6) is 1.67. The van der Waals surface area contributed by atoms with Gasteiger partial charge in [-0.1, -0.05) is 13.8 Å². The molecular weight excluding hydrogens is 280 g/mol. The second-order valence-electron chi connectivity index (χ2n) is 6.18. The highest BCUT2D eigenvalue weighted by atomic mass is 16.5. The molecule has 0 saturated heterocycles. The Kier molecular flexibility index (Phi) is 5.40. The van der Waals surface area contributed by atoms with Crippen LogP contribution < -0.4 is 9.47 Å². The number of aromatic nitrogens is 1. The zero-order valence-corrected chi connectivity index (χ0v) is 14.2. The van der Waals surface area contributed by atoms with Gasteiger partial charge in [0.05, 0.1) is 24.9 Å². The van der Waals surface area contributed by atoms with Crippen LogP contribution in [0.4, 0.5) is 0 Å². The van der Waals surface area contributed by atoms with E-state index in [0.717, 1.165) is 24.1 Å². The molecule has 0 fully saturated rings. The number of rotatable bonds is 7. The van der Waals surface area contributed by atoms with E-state index in [-0.39, 0.29) is 5.54 Å². The molecule has 1 aliphatic heterocycles. The maximum Gasteiger partial charge on any atom is 0.257 e. The van der Waals surface area contributed by atoms with Crippen molar-refractivity contribution in [3.05, 3.63) is 17.3 Å². The van der Waals surface area contributed by atoms with Crippen molar-refractivity contribution in [2.24, 2.45) is 10.9 Å². The third-order valence-electron chi connectivity index (χ3n) is 4.28. The molecule has 2 heterocycles. The van der Waals surface area contributed by atoms with E-state index in [9.17, 15) is 0 Å². The molecular formula is C17H26N2O3. The molecule has 1 aromatic heterocycles. The predicted octanol–water partition coefficient (Wildman–Crippen LogP) is 2.90. The predicted molar refractivity (Wildman–Crippen MR) is 87.3 cm³/mol. The molecule has 0 spiro atoms. The first-order valence-corrected chi connectivity index (χ1v) is 7.75. The van der Waals surface area contributed by atoms with E-state index in [1.54, 1.807) is 14.2 Å². The van der Waals surface area contributed by atoms with Crippen LogP contribution >= 0.6 is 0 Å². The Morgan fingerprint density at radius 2 is 2.05 bits per heavy atom. The molecule has 2 rings (SSSR count). The molecule has 0 radical (unpaired) electrons. The maximum atomic E-state index is 5.81. The van der Waals surface area contributed by atoms with Crippen LogP contribution in [0.25, 0.3) is 0 Å². The fraction of sp³-hybridized carbons (Fsp3) is 0.647. The summed E-state index contributed by atoms with van der Waals surface area (Å²) < 4.78 is 16.2. The van der Waals surface area contributed by atoms with E-state index in [0.29, 0.717) is 30.8 Å². The standard InChI is InChI=1S/C17H26N2O3/c1-12(2)17(3)10-13-9-15(22-8-6-7-20-4)16(21-5)19-14(13)11-18-17/h9,11-12H,6-8,10H2,1-5H3. The molecule has 0 aliphatic carbocycles. The molecule has 0 bridgehead atoms. The average molecular weight is 306 g/mol. The molecule has 5 nitrogen and oxygen atoms in total. The number of hydrogen-bond donors (Lipinski definition) is 0. The van der Waals surface area contributed by atoms with Crippen LogP contribution in [0.2, 0.25) is 0 Å². The molecule has 122 valence electrons. The molecule has 22 heavy (non-hydrogen) atoms. The number of methoxy groups -OCH3 is 2. The van der Waals surface area contributed by atoms with Gasteiger partial charge in [-0.3, -0.25) is 4.99 Å². The van der Waals surface area contributed by atoms with Gasteiger partial charge in [-0.05, 0) is 30.9 Å². The SMILES string of the molecule is COCCCOc1cc2c(nc1OC)C=NC(C)(C(C)C)C2. The molecule has 0 saturated carbocycles.